The number of piperidine rings is 1. The summed E-state index contributed by atoms with van der Waals surface area (Å²) in [6.07, 6.45) is 5.24. The van der Waals surface area contributed by atoms with Gasteiger partial charge in [-0.2, -0.15) is 0 Å². The highest BCUT2D eigenvalue weighted by Crippen LogP contribution is 2.44. The molecule has 2 aliphatic rings. The van der Waals surface area contributed by atoms with Crippen LogP contribution in [-0.4, -0.2) is 39.8 Å². The van der Waals surface area contributed by atoms with Crippen LogP contribution in [0.15, 0.2) is 0 Å². The molecule has 0 aromatic rings. The Labute approximate surface area is 120 Å². The van der Waals surface area contributed by atoms with Gasteiger partial charge in [-0.05, 0) is 46.5 Å². The standard InChI is InChI=1S/C15H25NO4/c1-14(2,3)20-13(19)16-10-11(12(17)18)6-9-15(16)7-4-5-8-15/h11H,4-10H2,1-3H3,(H,17,18). The molecule has 0 aromatic carbocycles. The van der Waals surface area contributed by atoms with Crippen molar-refractivity contribution in [1.82, 2.24) is 4.90 Å². The maximum atomic E-state index is 12.5. The second-order valence-electron chi connectivity index (χ2n) is 7.10. The van der Waals surface area contributed by atoms with Crippen molar-refractivity contribution in [3.63, 3.8) is 0 Å². The molecule has 20 heavy (non-hydrogen) atoms. The number of carboxylic acid groups (broad SMARTS) is 1. The van der Waals surface area contributed by atoms with E-state index in [0.29, 0.717) is 6.42 Å². The zero-order chi connectivity index (χ0) is 15.0. The van der Waals surface area contributed by atoms with Crippen LogP contribution in [0.5, 0.6) is 0 Å². The molecular weight excluding hydrogens is 258 g/mol. The first-order valence-electron chi connectivity index (χ1n) is 7.47. The molecule has 0 aromatic heterocycles. The number of amides is 1. The quantitative estimate of drug-likeness (QED) is 0.803. The normalized spacial score (nSPS) is 25.8. The summed E-state index contributed by atoms with van der Waals surface area (Å²) >= 11 is 0. The van der Waals surface area contributed by atoms with Crippen LogP contribution in [0.4, 0.5) is 4.79 Å². The van der Waals surface area contributed by atoms with E-state index in [0.717, 1.165) is 32.1 Å². The fourth-order valence-electron chi connectivity index (χ4n) is 3.42. The largest absolute Gasteiger partial charge is 0.481 e. The minimum atomic E-state index is -0.814. The molecule has 0 radical (unpaired) electrons. The number of carboxylic acids is 1. The maximum absolute atomic E-state index is 12.5. The van der Waals surface area contributed by atoms with E-state index in [9.17, 15) is 14.7 Å². The molecule has 5 nitrogen and oxygen atoms in total. The molecule has 0 bridgehead atoms. The Hall–Kier alpha value is -1.26. The first kappa shape index (κ1) is 15.1. The molecule has 1 aliphatic carbocycles. The number of carbonyl (C=O) groups is 2. The van der Waals surface area contributed by atoms with Crippen LogP contribution < -0.4 is 0 Å². The first-order chi connectivity index (χ1) is 9.23. The van der Waals surface area contributed by atoms with E-state index in [1.54, 1.807) is 4.90 Å². The Kier molecular flexibility index (Phi) is 3.98. The van der Waals surface area contributed by atoms with Gasteiger partial charge in [0.05, 0.1) is 5.92 Å². The zero-order valence-corrected chi connectivity index (χ0v) is 12.6. The van der Waals surface area contributed by atoms with Gasteiger partial charge >= 0.3 is 12.1 Å². The van der Waals surface area contributed by atoms with Crippen molar-refractivity contribution in [3.8, 4) is 0 Å². The number of hydrogen-bond donors (Lipinski definition) is 1. The van der Waals surface area contributed by atoms with Crippen molar-refractivity contribution >= 4 is 12.1 Å². The molecule has 1 heterocycles. The highest BCUT2D eigenvalue weighted by molar-refractivity contribution is 5.74. The van der Waals surface area contributed by atoms with Crippen molar-refractivity contribution in [3.05, 3.63) is 0 Å². The molecule has 1 unspecified atom stereocenters. The third-order valence-corrected chi connectivity index (χ3v) is 4.43. The maximum Gasteiger partial charge on any atom is 0.410 e. The van der Waals surface area contributed by atoms with Crippen LogP contribution in [0.1, 0.15) is 59.3 Å². The third-order valence-electron chi connectivity index (χ3n) is 4.43. The van der Waals surface area contributed by atoms with E-state index >= 15 is 0 Å². The number of ether oxygens (including phenoxy) is 1. The van der Waals surface area contributed by atoms with Gasteiger partial charge in [-0.15, -0.1) is 0 Å². The summed E-state index contributed by atoms with van der Waals surface area (Å²) in [6, 6.07) is 0. The molecule has 1 N–H and O–H groups in total. The van der Waals surface area contributed by atoms with Crippen LogP contribution >= 0.6 is 0 Å². The zero-order valence-electron chi connectivity index (χ0n) is 12.6. The highest BCUT2D eigenvalue weighted by Gasteiger charge is 2.48. The van der Waals surface area contributed by atoms with E-state index in [4.69, 9.17) is 4.74 Å². The average molecular weight is 283 g/mol. The molecule has 1 amide bonds. The van der Waals surface area contributed by atoms with Gasteiger partial charge in [0, 0.05) is 12.1 Å². The number of aliphatic carboxylic acids is 1. The second-order valence-corrected chi connectivity index (χ2v) is 7.10. The van der Waals surface area contributed by atoms with Crippen LogP contribution in [0.25, 0.3) is 0 Å². The minimum Gasteiger partial charge on any atom is -0.481 e. The fourth-order valence-corrected chi connectivity index (χ4v) is 3.42. The van der Waals surface area contributed by atoms with E-state index in [2.05, 4.69) is 0 Å². The molecule has 1 saturated carbocycles. The van der Waals surface area contributed by atoms with Crippen molar-refractivity contribution in [2.45, 2.75) is 70.4 Å². The monoisotopic (exact) mass is 283 g/mol. The van der Waals surface area contributed by atoms with Gasteiger partial charge in [-0.1, -0.05) is 12.8 Å². The minimum absolute atomic E-state index is 0.158. The predicted octanol–water partition coefficient (Wildman–Crippen LogP) is 3.03. The lowest BCUT2D eigenvalue weighted by atomic mass is 9.81. The van der Waals surface area contributed by atoms with E-state index in [1.807, 2.05) is 20.8 Å². The summed E-state index contributed by atoms with van der Waals surface area (Å²) < 4.78 is 5.49. The van der Waals surface area contributed by atoms with Gasteiger partial charge in [0.15, 0.2) is 0 Å². The molecular formula is C15H25NO4. The fraction of sp³-hybridized carbons (Fsp3) is 0.867. The summed E-state index contributed by atoms with van der Waals surface area (Å²) in [5.41, 5.74) is -0.707. The molecule has 1 spiro atoms. The van der Waals surface area contributed by atoms with E-state index in [-0.39, 0.29) is 18.2 Å². The summed E-state index contributed by atoms with van der Waals surface area (Å²) in [6.45, 7) is 5.80. The summed E-state index contributed by atoms with van der Waals surface area (Å²) in [4.78, 5) is 25.4. The van der Waals surface area contributed by atoms with Crippen molar-refractivity contribution in [2.75, 3.05) is 6.54 Å². The van der Waals surface area contributed by atoms with Crippen LogP contribution in [-0.2, 0) is 9.53 Å². The second kappa shape index (κ2) is 5.26. The molecule has 5 heteroatoms. The van der Waals surface area contributed by atoms with E-state index < -0.39 is 17.5 Å². The average Bonchev–Trinajstić information content (AvgIpc) is 2.76. The Bertz CT molecular complexity index is 393. The van der Waals surface area contributed by atoms with Gasteiger partial charge in [-0.25, -0.2) is 4.79 Å². The lowest BCUT2D eigenvalue weighted by Gasteiger charge is -2.46. The highest BCUT2D eigenvalue weighted by atomic mass is 16.6. The number of hydrogen-bond acceptors (Lipinski definition) is 3. The van der Waals surface area contributed by atoms with Crippen LogP contribution in [0.3, 0.4) is 0 Å². The number of carbonyl (C=O) groups excluding carboxylic acids is 1. The Morgan fingerprint density at radius 2 is 1.80 bits per heavy atom. The van der Waals surface area contributed by atoms with Crippen LogP contribution in [0, 0.1) is 5.92 Å². The van der Waals surface area contributed by atoms with Crippen molar-refractivity contribution in [1.29, 1.82) is 0 Å². The summed E-state index contributed by atoms with van der Waals surface area (Å²) in [5, 5.41) is 9.22. The Balaban J connectivity index is 2.17. The first-order valence-corrected chi connectivity index (χ1v) is 7.47. The van der Waals surface area contributed by atoms with Crippen LogP contribution in [0.2, 0.25) is 0 Å². The molecule has 2 rings (SSSR count). The number of likely N-dealkylation sites (tertiary alicyclic amines) is 1. The summed E-state index contributed by atoms with van der Waals surface area (Å²) in [5.74, 6) is -1.28. The van der Waals surface area contributed by atoms with Gasteiger partial charge < -0.3 is 14.7 Å². The van der Waals surface area contributed by atoms with Crippen molar-refractivity contribution < 1.29 is 19.4 Å². The lowest BCUT2D eigenvalue weighted by Crippen LogP contribution is -2.57. The molecule has 2 fully saturated rings. The lowest BCUT2D eigenvalue weighted by molar-refractivity contribution is -0.145. The topological polar surface area (TPSA) is 66.8 Å². The number of nitrogens with zero attached hydrogens (tertiary/aromatic N) is 1. The van der Waals surface area contributed by atoms with E-state index in [1.165, 1.54) is 0 Å². The SMILES string of the molecule is CC(C)(C)OC(=O)N1CC(C(=O)O)CCC12CCCC2. The number of rotatable bonds is 1. The smallest absolute Gasteiger partial charge is 0.410 e. The van der Waals surface area contributed by atoms with Gasteiger partial charge in [0.2, 0.25) is 0 Å². The molecule has 1 atom stereocenters. The molecule has 1 saturated heterocycles. The third kappa shape index (κ3) is 3.07. The van der Waals surface area contributed by atoms with Crippen molar-refractivity contribution in [2.24, 2.45) is 5.92 Å². The Morgan fingerprint density at radius 1 is 1.20 bits per heavy atom. The molecule has 114 valence electrons. The summed E-state index contributed by atoms with van der Waals surface area (Å²) in [7, 11) is 0. The molecule has 1 aliphatic heterocycles. The van der Waals surface area contributed by atoms with Gasteiger partial charge in [0.25, 0.3) is 0 Å². The predicted molar refractivity (Wildman–Crippen MR) is 74.5 cm³/mol. The van der Waals surface area contributed by atoms with Gasteiger partial charge in [-0.3, -0.25) is 4.79 Å². The Morgan fingerprint density at radius 3 is 2.30 bits per heavy atom. The van der Waals surface area contributed by atoms with Gasteiger partial charge in [0.1, 0.15) is 5.60 Å².